The predicted octanol–water partition coefficient (Wildman–Crippen LogP) is 4.36. The van der Waals surface area contributed by atoms with Crippen LogP contribution < -0.4 is 10.1 Å². The lowest BCUT2D eigenvalue weighted by atomic mass is 10.1. The molecule has 0 bridgehead atoms. The molecule has 3 nitrogen and oxygen atoms in total. The number of ether oxygens (including phenoxy) is 1. The van der Waals surface area contributed by atoms with Gasteiger partial charge in [0.2, 0.25) is 5.91 Å². The Morgan fingerprint density at radius 3 is 2.50 bits per heavy atom. The molecule has 0 spiro atoms. The van der Waals surface area contributed by atoms with Crippen molar-refractivity contribution in [3.8, 4) is 5.75 Å². The van der Waals surface area contributed by atoms with Crippen molar-refractivity contribution in [2.45, 2.75) is 33.1 Å². The summed E-state index contributed by atoms with van der Waals surface area (Å²) in [6.45, 7) is 4.68. The van der Waals surface area contributed by atoms with Crippen LogP contribution in [0.1, 0.15) is 30.9 Å². The molecular formula is C19H23NO2. The highest BCUT2D eigenvalue weighted by Crippen LogP contribution is 2.16. The van der Waals surface area contributed by atoms with Crippen molar-refractivity contribution < 1.29 is 9.53 Å². The fourth-order valence-electron chi connectivity index (χ4n) is 2.18. The zero-order chi connectivity index (χ0) is 15.8. The Morgan fingerprint density at radius 2 is 1.82 bits per heavy atom. The van der Waals surface area contributed by atoms with Crippen molar-refractivity contribution in [3.63, 3.8) is 0 Å². The number of nitrogens with one attached hydrogen (secondary N) is 1. The monoisotopic (exact) mass is 297 g/mol. The molecule has 0 unspecified atom stereocenters. The van der Waals surface area contributed by atoms with E-state index in [-0.39, 0.29) is 5.91 Å². The molecule has 0 aromatic heterocycles. The van der Waals surface area contributed by atoms with E-state index in [1.807, 2.05) is 55.5 Å². The smallest absolute Gasteiger partial charge is 0.224 e. The topological polar surface area (TPSA) is 38.3 Å². The maximum atomic E-state index is 11.9. The summed E-state index contributed by atoms with van der Waals surface area (Å²) in [4.78, 5) is 11.9. The van der Waals surface area contributed by atoms with Crippen LogP contribution in [0.25, 0.3) is 0 Å². The predicted molar refractivity (Wildman–Crippen MR) is 90.4 cm³/mol. The molecule has 0 atom stereocenters. The molecule has 0 radical (unpaired) electrons. The van der Waals surface area contributed by atoms with Crippen molar-refractivity contribution in [1.29, 1.82) is 0 Å². The van der Waals surface area contributed by atoms with E-state index in [2.05, 4.69) is 12.2 Å². The van der Waals surface area contributed by atoms with E-state index in [4.69, 9.17) is 4.74 Å². The van der Waals surface area contributed by atoms with E-state index in [1.54, 1.807) is 0 Å². The van der Waals surface area contributed by atoms with Crippen LogP contribution in [0, 0.1) is 6.92 Å². The van der Waals surface area contributed by atoms with Crippen LogP contribution >= 0.6 is 0 Å². The second-order valence-corrected chi connectivity index (χ2v) is 5.32. The summed E-state index contributed by atoms with van der Waals surface area (Å²) in [5, 5.41) is 2.91. The Hall–Kier alpha value is -2.29. The molecule has 3 heteroatoms. The van der Waals surface area contributed by atoms with Gasteiger partial charge in [-0.15, -0.1) is 0 Å². The first-order valence-electron chi connectivity index (χ1n) is 7.76. The number of hydrogen-bond donors (Lipinski definition) is 1. The number of hydrogen-bond acceptors (Lipinski definition) is 2. The van der Waals surface area contributed by atoms with Gasteiger partial charge in [-0.05, 0) is 49.1 Å². The van der Waals surface area contributed by atoms with E-state index >= 15 is 0 Å². The van der Waals surface area contributed by atoms with Gasteiger partial charge in [0, 0.05) is 12.1 Å². The molecule has 0 saturated heterocycles. The Bertz CT molecular complexity index is 605. The van der Waals surface area contributed by atoms with Crippen molar-refractivity contribution in [2.24, 2.45) is 0 Å². The second kappa shape index (κ2) is 8.23. The molecule has 0 aliphatic rings. The van der Waals surface area contributed by atoms with Gasteiger partial charge in [-0.25, -0.2) is 0 Å². The molecular weight excluding hydrogens is 274 g/mol. The molecule has 0 heterocycles. The van der Waals surface area contributed by atoms with Crippen LogP contribution in [0.4, 0.5) is 5.69 Å². The summed E-state index contributed by atoms with van der Waals surface area (Å²) < 4.78 is 5.69. The molecule has 2 aromatic carbocycles. The molecule has 0 aliphatic carbocycles. The largest absolute Gasteiger partial charge is 0.493 e. The van der Waals surface area contributed by atoms with Gasteiger partial charge in [-0.2, -0.15) is 0 Å². The van der Waals surface area contributed by atoms with Crippen LogP contribution in [0.3, 0.4) is 0 Å². The normalized spacial score (nSPS) is 10.3. The minimum atomic E-state index is 0.0256. The first-order chi connectivity index (χ1) is 10.7. The number of rotatable bonds is 7. The van der Waals surface area contributed by atoms with Crippen LogP contribution in [0.5, 0.6) is 5.75 Å². The number of para-hydroxylation sites is 1. The summed E-state index contributed by atoms with van der Waals surface area (Å²) in [5.41, 5.74) is 3.23. The maximum absolute atomic E-state index is 11.9. The summed E-state index contributed by atoms with van der Waals surface area (Å²) in [6.07, 6.45) is 2.17. The highest BCUT2D eigenvalue weighted by atomic mass is 16.5. The highest BCUT2D eigenvalue weighted by molar-refractivity contribution is 5.90. The first kappa shape index (κ1) is 16.1. The van der Waals surface area contributed by atoms with Gasteiger partial charge in [-0.1, -0.05) is 37.3 Å². The summed E-state index contributed by atoms with van der Waals surface area (Å²) in [7, 11) is 0. The minimum absolute atomic E-state index is 0.0256. The standard InChI is InChI=1S/C19H23NO2/c1-3-16-10-12-17(13-11-16)20-19(21)9-6-14-22-18-8-5-4-7-15(18)2/h4-5,7-8,10-13H,3,6,9,14H2,1-2H3,(H,20,21). The number of carbonyl (C=O) groups is 1. The minimum Gasteiger partial charge on any atom is -0.493 e. The quantitative estimate of drug-likeness (QED) is 0.771. The van der Waals surface area contributed by atoms with Crippen molar-refractivity contribution in [2.75, 3.05) is 11.9 Å². The van der Waals surface area contributed by atoms with Crippen LogP contribution in [0.15, 0.2) is 48.5 Å². The van der Waals surface area contributed by atoms with Gasteiger partial charge in [0.05, 0.1) is 6.61 Å². The fourth-order valence-corrected chi connectivity index (χ4v) is 2.18. The molecule has 1 N–H and O–H groups in total. The molecule has 1 amide bonds. The molecule has 2 rings (SSSR count). The average Bonchev–Trinajstić information content (AvgIpc) is 2.54. The Morgan fingerprint density at radius 1 is 1.09 bits per heavy atom. The lowest BCUT2D eigenvalue weighted by molar-refractivity contribution is -0.116. The summed E-state index contributed by atoms with van der Waals surface area (Å²) >= 11 is 0. The SMILES string of the molecule is CCc1ccc(NC(=O)CCCOc2ccccc2C)cc1. The number of aryl methyl sites for hydroxylation is 2. The van der Waals surface area contributed by atoms with Crippen LogP contribution in [-0.2, 0) is 11.2 Å². The van der Waals surface area contributed by atoms with E-state index in [0.29, 0.717) is 19.4 Å². The Balaban J connectivity index is 1.70. The molecule has 22 heavy (non-hydrogen) atoms. The van der Waals surface area contributed by atoms with E-state index in [9.17, 15) is 4.79 Å². The third kappa shape index (κ3) is 4.92. The van der Waals surface area contributed by atoms with Crippen molar-refractivity contribution in [3.05, 3.63) is 59.7 Å². The second-order valence-electron chi connectivity index (χ2n) is 5.32. The van der Waals surface area contributed by atoms with Gasteiger partial charge in [0.1, 0.15) is 5.75 Å². The van der Waals surface area contributed by atoms with Gasteiger partial charge < -0.3 is 10.1 Å². The number of benzene rings is 2. The Kier molecular flexibility index (Phi) is 6.01. The van der Waals surface area contributed by atoms with Crippen molar-refractivity contribution in [1.82, 2.24) is 0 Å². The van der Waals surface area contributed by atoms with Crippen LogP contribution in [-0.4, -0.2) is 12.5 Å². The lowest BCUT2D eigenvalue weighted by Gasteiger charge is -2.09. The zero-order valence-electron chi connectivity index (χ0n) is 13.3. The number of amides is 1. The average molecular weight is 297 g/mol. The molecule has 0 fully saturated rings. The van der Waals surface area contributed by atoms with Crippen LogP contribution in [0.2, 0.25) is 0 Å². The summed E-state index contributed by atoms with van der Waals surface area (Å²) in [6, 6.07) is 15.9. The van der Waals surface area contributed by atoms with Crippen molar-refractivity contribution >= 4 is 11.6 Å². The van der Waals surface area contributed by atoms with Gasteiger partial charge in [0.15, 0.2) is 0 Å². The third-order valence-corrected chi connectivity index (χ3v) is 3.55. The molecule has 0 saturated carbocycles. The molecule has 116 valence electrons. The van der Waals surface area contributed by atoms with Gasteiger partial charge in [0.25, 0.3) is 0 Å². The maximum Gasteiger partial charge on any atom is 0.224 e. The number of anilines is 1. The van der Waals surface area contributed by atoms with Gasteiger partial charge >= 0.3 is 0 Å². The summed E-state index contributed by atoms with van der Waals surface area (Å²) in [5.74, 6) is 0.913. The Labute approximate surface area is 132 Å². The van der Waals surface area contributed by atoms with Gasteiger partial charge in [-0.3, -0.25) is 4.79 Å². The lowest BCUT2D eigenvalue weighted by Crippen LogP contribution is -2.12. The third-order valence-electron chi connectivity index (χ3n) is 3.55. The highest BCUT2D eigenvalue weighted by Gasteiger charge is 2.03. The van der Waals surface area contributed by atoms with E-state index in [1.165, 1.54) is 5.56 Å². The zero-order valence-corrected chi connectivity index (χ0v) is 13.3. The molecule has 2 aromatic rings. The number of carbonyl (C=O) groups excluding carboxylic acids is 1. The van der Waals surface area contributed by atoms with E-state index in [0.717, 1.165) is 23.4 Å². The fraction of sp³-hybridized carbons (Fsp3) is 0.316. The molecule has 0 aliphatic heterocycles. The first-order valence-corrected chi connectivity index (χ1v) is 7.76. The van der Waals surface area contributed by atoms with E-state index < -0.39 is 0 Å².